The Kier molecular flexibility index (Phi) is 6.70. The second-order valence-electron chi connectivity index (χ2n) is 4.76. The molecule has 120 valence electrons. The molecule has 1 aliphatic rings. The third-order valence-electron chi connectivity index (χ3n) is 3.02. The van der Waals surface area contributed by atoms with Crippen LogP contribution in [0.15, 0.2) is 18.2 Å². The first-order valence-corrected chi connectivity index (χ1v) is 7.98. The Morgan fingerprint density at radius 3 is 2.95 bits per heavy atom. The quantitative estimate of drug-likeness (QED) is 0.788. The minimum Gasteiger partial charge on any atom is -0.482 e. The van der Waals surface area contributed by atoms with Gasteiger partial charge in [-0.25, -0.2) is 0 Å². The lowest BCUT2D eigenvalue weighted by molar-refractivity contribution is -0.121. The lowest BCUT2D eigenvalue weighted by atomic mass is 10.2. The molecule has 0 radical (unpaired) electrons. The molecule has 1 unspecified atom stereocenters. The van der Waals surface area contributed by atoms with Crippen LogP contribution < -0.4 is 15.4 Å². The fourth-order valence-corrected chi connectivity index (χ4v) is 2.61. The second kappa shape index (κ2) is 8.53. The summed E-state index contributed by atoms with van der Waals surface area (Å²) in [6.07, 6.45) is 2.21. The molecule has 1 heterocycles. The van der Waals surface area contributed by atoms with E-state index in [0.29, 0.717) is 22.3 Å². The summed E-state index contributed by atoms with van der Waals surface area (Å²) in [6, 6.07) is 4.78. The van der Waals surface area contributed by atoms with Crippen LogP contribution in [0, 0.1) is 0 Å². The van der Waals surface area contributed by atoms with Gasteiger partial charge in [-0.3, -0.25) is 4.79 Å². The maximum Gasteiger partial charge on any atom is 0.264 e. The molecule has 1 aliphatic heterocycles. The summed E-state index contributed by atoms with van der Waals surface area (Å²) in [4.78, 5) is 11.7. The van der Waals surface area contributed by atoms with E-state index in [1.54, 1.807) is 18.2 Å². The summed E-state index contributed by atoms with van der Waals surface area (Å²) >= 11 is 16.8. The van der Waals surface area contributed by atoms with Crippen LogP contribution in [-0.4, -0.2) is 36.9 Å². The fraction of sp³-hybridized carbons (Fsp3) is 0.429. The normalized spacial score (nSPS) is 17.1. The van der Waals surface area contributed by atoms with Gasteiger partial charge < -0.3 is 20.1 Å². The predicted octanol–water partition coefficient (Wildman–Crippen LogP) is 2.54. The number of carbonyl (C=O) groups is 1. The van der Waals surface area contributed by atoms with Crippen molar-refractivity contribution < 1.29 is 14.3 Å². The molecule has 1 aromatic rings. The number of carbonyl (C=O) groups excluding carboxylic acids is 1. The summed E-state index contributed by atoms with van der Waals surface area (Å²) in [5.41, 5.74) is 0. The summed E-state index contributed by atoms with van der Waals surface area (Å²) < 4.78 is 10.8. The van der Waals surface area contributed by atoms with Crippen molar-refractivity contribution in [1.29, 1.82) is 0 Å². The minimum atomic E-state index is -0.365. The van der Waals surface area contributed by atoms with E-state index in [1.807, 2.05) is 0 Å². The van der Waals surface area contributed by atoms with E-state index in [-0.39, 0.29) is 23.7 Å². The second-order valence-corrected chi connectivity index (χ2v) is 6.01. The highest BCUT2D eigenvalue weighted by Gasteiger charge is 2.16. The zero-order valence-corrected chi connectivity index (χ0v) is 14.1. The van der Waals surface area contributed by atoms with Gasteiger partial charge in [0.05, 0.1) is 11.1 Å². The fourth-order valence-electron chi connectivity index (χ4n) is 1.95. The van der Waals surface area contributed by atoms with Crippen molar-refractivity contribution in [2.24, 2.45) is 0 Å². The minimum absolute atomic E-state index is 0.152. The molecule has 1 amide bonds. The molecule has 1 atom stereocenters. The van der Waals surface area contributed by atoms with Crippen molar-refractivity contribution in [2.75, 3.05) is 19.8 Å². The van der Waals surface area contributed by atoms with E-state index in [0.717, 1.165) is 19.4 Å². The van der Waals surface area contributed by atoms with Gasteiger partial charge in [0.1, 0.15) is 5.75 Å². The summed E-state index contributed by atoms with van der Waals surface area (Å²) in [6.45, 7) is 1.17. The number of halogens is 2. The van der Waals surface area contributed by atoms with Gasteiger partial charge in [-0.2, -0.15) is 0 Å². The number of benzene rings is 1. The Morgan fingerprint density at radius 2 is 2.27 bits per heavy atom. The van der Waals surface area contributed by atoms with E-state index < -0.39 is 0 Å². The van der Waals surface area contributed by atoms with Crippen molar-refractivity contribution in [1.82, 2.24) is 10.6 Å². The first kappa shape index (κ1) is 17.3. The highest BCUT2D eigenvalue weighted by Crippen LogP contribution is 2.27. The average molecular weight is 363 g/mol. The Labute approximate surface area is 144 Å². The molecule has 1 fully saturated rings. The first-order chi connectivity index (χ1) is 10.5. The maximum absolute atomic E-state index is 11.7. The molecule has 0 aromatic heterocycles. The highest BCUT2D eigenvalue weighted by molar-refractivity contribution is 7.80. The topological polar surface area (TPSA) is 59.6 Å². The molecule has 0 bridgehead atoms. The molecular formula is C14H16Cl2N2O3S. The lowest BCUT2D eigenvalue weighted by Crippen LogP contribution is -2.43. The van der Waals surface area contributed by atoms with Gasteiger partial charge in [-0.1, -0.05) is 23.2 Å². The molecule has 22 heavy (non-hydrogen) atoms. The molecule has 0 spiro atoms. The van der Waals surface area contributed by atoms with Crippen molar-refractivity contribution in [3.63, 3.8) is 0 Å². The molecule has 2 rings (SSSR count). The van der Waals surface area contributed by atoms with Crippen molar-refractivity contribution in [3.8, 4) is 5.75 Å². The number of hydrogen-bond acceptors (Lipinski definition) is 4. The van der Waals surface area contributed by atoms with E-state index in [1.165, 1.54) is 0 Å². The zero-order valence-electron chi connectivity index (χ0n) is 11.7. The molecule has 0 saturated carbocycles. The molecule has 2 N–H and O–H groups in total. The smallest absolute Gasteiger partial charge is 0.264 e. The van der Waals surface area contributed by atoms with Crippen molar-refractivity contribution in [3.05, 3.63) is 28.2 Å². The predicted molar refractivity (Wildman–Crippen MR) is 89.7 cm³/mol. The van der Waals surface area contributed by atoms with Crippen LogP contribution >= 0.6 is 35.4 Å². The molecule has 1 saturated heterocycles. The zero-order chi connectivity index (χ0) is 15.9. The van der Waals surface area contributed by atoms with Crippen molar-refractivity contribution in [2.45, 2.75) is 18.9 Å². The Bertz CT molecular complexity index is 551. The number of amides is 1. The number of rotatable bonds is 5. The number of hydrogen-bond donors (Lipinski definition) is 2. The number of ether oxygens (including phenoxy) is 2. The maximum atomic E-state index is 11.7. The molecule has 0 aliphatic carbocycles. The molecule has 1 aromatic carbocycles. The van der Waals surface area contributed by atoms with Gasteiger partial charge >= 0.3 is 0 Å². The van der Waals surface area contributed by atoms with Crippen molar-refractivity contribution >= 4 is 46.4 Å². The Morgan fingerprint density at radius 1 is 1.45 bits per heavy atom. The van der Waals surface area contributed by atoms with Crippen LogP contribution in [-0.2, 0) is 9.53 Å². The van der Waals surface area contributed by atoms with Gasteiger partial charge in [0, 0.05) is 18.2 Å². The van der Waals surface area contributed by atoms with E-state index in [4.69, 9.17) is 44.9 Å². The number of thiocarbonyl (C=S) groups is 1. The lowest BCUT2D eigenvalue weighted by Gasteiger charge is -2.13. The molecular weight excluding hydrogens is 347 g/mol. The van der Waals surface area contributed by atoms with Crippen LogP contribution in [0.25, 0.3) is 0 Å². The van der Waals surface area contributed by atoms with Crippen LogP contribution in [0.3, 0.4) is 0 Å². The first-order valence-electron chi connectivity index (χ1n) is 6.82. The van der Waals surface area contributed by atoms with Gasteiger partial charge in [0.2, 0.25) is 0 Å². The van der Waals surface area contributed by atoms with E-state index in [9.17, 15) is 4.79 Å². The SMILES string of the molecule is O=C(COc1ccc(Cl)cc1Cl)NC(=S)NCC1CCCO1. The Hall–Kier alpha value is -1.08. The van der Waals surface area contributed by atoms with Crippen LogP contribution in [0.2, 0.25) is 10.0 Å². The van der Waals surface area contributed by atoms with Crippen LogP contribution in [0.5, 0.6) is 5.75 Å². The summed E-state index contributed by atoms with van der Waals surface area (Å²) in [7, 11) is 0. The summed E-state index contributed by atoms with van der Waals surface area (Å²) in [5, 5.41) is 6.59. The average Bonchev–Trinajstić information content (AvgIpc) is 2.97. The van der Waals surface area contributed by atoms with Gasteiger partial charge in [-0.15, -0.1) is 0 Å². The monoisotopic (exact) mass is 362 g/mol. The Balaban J connectivity index is 1.69. The largest absolute Gasteiger partial charge is 0.482 e. The van der Waals surface area contributed by atoms with Gasteiger partial charge in [-0.05, 0) is 43.3 Å². The third kappa shape index (κ3) is 5.61. The standard InChI is InChI=1S/C14H16Cl2N2O3S/c15-9-3-4-12(11(16)6-9)21-8-13(19)18-14(22)17-7-10-2-1-5-20-10/h3-4,6,10H,1-2,5,7-8H2,(H2,17,18,19,22). The van der Waals surface area contributed by atoms with Crippen LogP contribution in [0.4, 0.5) is 0 Å². The highest BCUT2D eigenvalue weighted by atomic mass is 35.5. The third-order valence-corrected chi connectivity index (χ3v) is 3.80. The summed E-state index contributed by atoms with van der Waals surface area (Å²) in [5.74, 6) is 0.0234. The van der Waals surface area contributed by atoms with Gasteiger partial charge in [0.15, 0.2) is 11.7 Å². The molecule has 8 heteroatoms. The van der Waals surface area contributed by atoms with E-state index >= 15 is 0 Å². The number of nitrogens with one attached hydrogen (secondary N) is 2. The van der Waals surface area contributed by atoms with Crippen LogP contribution in [0.1, 0.15) is 12.8 Å². The van der Waals surface area contributed by atoms with E-state index in [2.05, 4.69) is 10.6 Å². The van der Waals surface area contributed by atoms with Gasteiger partial charge in [0.25, 0.3) is 5.91 Å². The molecule has 5 nitrogen and oxygen atoms in total.